The Hall–Kier alpha value is -3.35. The average molecular weight is 451 g/mol. The van der Waals surface area contributed by atoms with E-state index in [0.29, 0.717) is 19.4 Å². The molecule has 0 saturated carbocycles. The number of nitrogens with one attached hydrogen (secondary N) is 1. The first-order chi connectivity index (χ1) is 16.0. The van der Waals surface area contributed by atoms with Gasteiger partial charge in [-0.3, -0.25) is 9.59 Å². The fourth-order valence-corrected chi connectivity index (χ4v) is 5.01. The minimum atomic E-state index is -0.900. The second-order valence-electron chi connectivity index (χ2n) is 8.76. The summed E-state index contributed by atoms with van der Waals surface area (Å²) in [5.74, 6) is -1.04. The predicted molar refractivity (Wildman–Crippen MR) is 124 cm³/mol. The van der Waals surface area contributed by atoms with Crippen molar-refractivity contribution < 1.29 is 24.2 Å². The highest BCUT2D eigenvalue weighted by atomic mass is 16.5. The van der Waals surface area contributed by atoms with Crippen molar-refractivity contribution in [1.29, 1.82) is 0 Å². The van der Waals surface area contributed by atoms with Gasteiger partial charge in [0, 0.05) is 31.0 Å². The van der Waals surface area contributed by atoms with Crippen LogP contribution in [-0.4, -0.2) is 53.2 Å². The van der Waals surface area contributed by atoms with E-state index in [0.717, 1.165) is 17.5 Å². The fourth-order valence-electron chi connectivity index (χ4n) is 5.01. The number of benzene rings is 2. The van der Waals surface area contributed by atoms with Gasteiger partial charge < -0.3 is 20.1 Å². The van der Waals surface area contributed by atoms with Crippen molar-refractivity contribution in [1.82, 2.24) is 10.2 Å². The zero-order chi connectivity index (χ0) is 23.4. The van der Waals surface area contributed by atoms with Crippen LogP contribution in [0.3, 0.4) is 0 Å². The van der Waals surface area contributed by atoms with Crippen LogP contribution in [0.5, 0.6) is 0 Å². The molecule has 0 spiro atoms. The minimum Gasteiger partial charge on any atom is -0.481 e. The van der Waals surface area contributed by atoms with Gasteiger partial charge in [0.05, 0.1) is 6.42 Å². The van der Waals surface area contributed by atoms with E-state index in [4.69, 9.17) is 9.84 Å². The molecule has 7 heteroatoms. The molecule has 2 unspecified atom stereocenters. The normalized spacial score (nSPS) is 17.8. The number of fused-ring (bicyclic) bond motifs is 3. The van der Waals surface area contributed by atoms with E-state index in [1.165, 1.54) is 11.1 Å². The van der Waals surface area contributed by atoms with Crippen LogP contribution in [-0.2, 0) is 14.3 Å². The summed E-state index contributed by atoms with van der Waals surface area (Å²) in [6, 6.07) is 15.7. The molecule has 0 radical (unpaired) electrons. The summed E-state index contributed by atoms with van der Waals surface area (Å²) < 4.78 is 5.60. The molecule has 2 amide bonds. The summed E-state index contributed by atoms with van der Waals surface area (Å²) in [5.41, 5.74) is 4.63. The maximum atomic E-state index is 12.8. The number of hydrogen-bond donors (Lipinski definition) is 2. The van der Waals surface area contributed by atoms with E-state index in [1.807, 2.05) is 31.2 Å². The first-order valence-electron chi connectivity index (χ1n) is 11.6. The van der Waals surface area contributed by atoms with Gasteiger partial charge in [-0.25, -0.2) is 4.79 Å². The van der Waals surface area contributed by atoms with Crippen molar-refractivity contribution in [2.45, 2.75) is 57.0 Å². The molecule has 174 valence electrons. The molecule has 33 heavy (non-hydrogen) atoms. The number of carboxylic acid groups (broad SMARTS) is 1. The van der Waals surface area contributed by atoms with E-state index < -0.39 is 12.1 Å². The number of hydrogen-bond acceptors (Lipinski definition) is 4. The highest BCUT2D eigenvalue weighted by Crippen LogP contribution is 2.44. The van der Waals surface area contributed by atoms with Crippen LogP contribution in [0.15, 0.2) is 48.5 Å². The molecule has 2 N–H and O–H groups in total. The van der Waals surface area contributed by atoms with Crippen molar-refractivity contribution in [3.8, 4) is 11.1 Å². The van der Waals surface area contributed by atoms with Gasteiger partial charge in [-0.2, -0.15) is 0 Å². The van der Waals surface area contributed by atoms with E-state index in [2.05, 4.69) is 29.6 Å². The molecular formula is C26H30N2O5. The Balaban J connectivity index is 1.34. The summed E-state index contributed by atoms with van der Waals surface area (Å²) >= 11 is 0. The maximum absolute atomic E-state index is 12.8. The lowest BCUT2D eigenvalue weighted by Gasteiger charge is -2.26. The van der Waals surface area contributed by atoms with E-state index >= 15 is 0 Å². The monoisotopic (exact) mass is 450 g/mol. The minimum absolute atomic E-state index is 0.0220. The SMILES string of the molecule is CCC(CC(=O)N1CCCC1CC(=O)O)NC(=O)OCC1c2ccccc2-c2ccccc21. The second kappa shape index (κ2) is 10.1. The molecular weight excluding hydrogens is 420 g/mol. The largest absolute Gasteiger partial charge is 0.481 e. The van der Waals surface area contributed by atoms with Gasteiger partial charge in [0.15, 0.2) is 0 Å². The highest BCUT2D eigenvalue weighted by molar-refractivity contribution is 5.80. The number of ether oxygens (including phenoxy) is 1. The molecule has 1 fully saturated rings. The van der Waals surface area contributed by atoms with Gasteiger partial charge in [-0.15, -0.1) is 0 Å². The molecule has 7 nitrogen and oxygen atoms in total. The van der Waals surface area contributed by atoms with Crippen LogP contribution in [0.1, 0.15) is 56.1 Å². The maximum Gasteiger partial charge on any atom is 0.407 e. The number of aliphatic carboxylic acids is 1. The van der Waals surface area contributed by atoms with Crippen molar-refractivity contribution in [2.75, 3.05) is 13.2 Å². The van der Waals surface area contributed by atoms with E-state index in [-0.39, 0.29) is 43.4 Å². The number of carbonyl (C=O) groups is 3. The second-order valence-corrected chi connectivity index (χ2v) is 8.76. The number of carboxylic acids is 1. The van der Waals surface area contributed by atoms with Gasteiger partial charge in [0.25, 0.3) is 0 Å². The predicted octanol–water partition coefficient (Wildman–Crippen LogP) is 4.16. The highest BCUT2D eigenvalue weighted by Gasteiger charge is 2.32. The topological polar surface area (TPSA) is 95.9 Å². The van der Waals surface area contributed by atoms with Crippen molar-refractivity contribution in [2.24, 2.45) is 0 Å². The molecule has 2 aliphatic rings. The van der Waals surface area contributed by atoms with E-state index in [1.54, 1.807) is 4.90 Å². The van der Waals surface area contributed by atoms with Gasteiger partial charge in [-0.05, 0) is 41.5 Å². The first kappa shape index (κ1) is 22.8. The summed E-state index contributed by atoms with van der Waals surface area (Å²) in [7, 11) is 0. The molecule has 0 bridgehead atoms. The lowest BCUT2D eigenvalue weighted by atomic mass is 9.98. The summed E-state index contributed by atoms with van der Waals surface area (Å²) in [6.45, 7) is 2.69. The standard InChI is InChI=1S/C26H30N2O5/c1-2-17(14-24(29)28-13-7-8-18(28)15-25(30)31)27-26(32)33-16-23-21-11-5-3-9-19(21)20-10-4-6-12-22(20)23/h3-6,9-12,17-18,23H,2,7-8,13-16H2,1H3,(H,27,32)(H,30,31). The van der Waals surface area contributed by atoms with Crippen molar-refractivity contribution in [3.63, 3.8) is 0 Å². The quantitative estimate of drug-likeness (QED) is 0.630. The Morgan fingerprint density at radius 1 is 1.09 bits per heavy atom. The summed E-state index contributed by atoms with van der Waals surface area (Å²) in [4.78, 5) is 38.1. The van der Waals surface area contributed by atoms with Crippen molar-refractivity contribution in [3.05, 3.63) is 59.7 Å². The average Bonchev–Trinajstić information content (AvgIpc) is 3.39. The molecule has 1 heterocycles. The molecule has 1 aliphatic heterocycles. The number of nitrogens with zero attached hydrogens (tertiary/aromatic N) is 1. The van der Waals surface area contributed by atoms with Gasteiger partial charge >= 0.3 is 12.1 Å². The molecule has 1 saturated heterocycles. The molecule has 2 atom stereocenters. The lowest BCUT2D eigenvalue weighted by molar-refractivity contribution is -0.140. The molecule has 0 aromatic heterocycles. The zero-order valence-electron chi connectivity index (χ0n) is 18.8. The van der Waals surface area contributed by atoms with Crippen LogP contribution >= 0.6 is 0 Å². The fraction of sp³-hybridized carbons (Fsp3) is 0.423. The zero-order valence-corrected chi connectivity index (χ0v) is 18.8. The Morgan fingerprint density at radius 3 is 2.33 bits per heavy atom. The summed E-state index contributed by atoms with van der Waals surface area (Å²) in [5, 5.41) is 11.9. The Labute approximate surface area is 193 Å². The molecule has 1 aliphatic carbocycles. The van der Waals surface area contributed by atoms with Crippen LogP contribution in [0.2, 0.25) is 0 Å². The summed E-state index contributed by atoms with van der Waals surface area (Å²) in [6.07, 6.45) is 1.64. The van der Waals surface area contributed by atoms with Crippen LogP contribution < -0.4 is 5.32 Å². The van der Waals surface area contributed by atoms with E-state index in [9.17, 15) is 14.4 Å². The number of alkyl carbamates (subject to hydrolysis) is 1. The van der Waals surface area contributed by atoms with Crippen molar-refractivity contribution >= 4 is 18.0 Å². The number of amides is 2. The Bertz CT molecular complexity index is 991. The molecule has 2 aromatic rings. The molecule has 2 aromatic carbocycles. The third kappa shape index (κ3) is 5.02. The first-order valence-corrected chi connectivity index (χ1v) is 11.6. The number of rotatable bonds is 8. The Kier molecular flexibility index (Phi) is 6.96. The third-order valence-electron chi connectivity index (χ3n) is 6.69. The Morgan fingerprint density at radius 2 is 1.73 bits per heavy atom. The number of carbonyl (C=O) groups excluding carboxylic acids is 2. The van der Waals surface area contributed by atoms with Gasteiger partial charge in [0.2, 0.25) is 5.91 Å². The van der Waals surface area contributed by atoms with Gasteiger partial charge in [0.1, 0.15) is 6.61 Å². The van der Waals surface area contributed by atoms with Crippen LogP contribution in [0.25, 0.3) is 11.1 Å². The van der Waals surface area contributed by atoms with Gasteiger partial charge in [-0.1, -0.05) is 55.5 Å². The van der Waals surface area contributed by atoms with Crippen LogP contribution in [0.4, 0.5) is 4.79 Å². The smallest absolute Gasteiger partial charge is 0.407 e. The van der Waals surface area contributed by atoms with Crippen LogP contribution in [0, 0.1) is 0 Å². The third-order valence-corrected chi connectivity index (χ3v) is 6.69. The lowest BCUT2D eigenvalue weighted by Crippen LogP contribution is -2.43. The number of likely N-dealkylation sites (tertiary alicyclic amines) is 1. The molecule has 4 rings (SSSR count).